The molecule has 0 bridgehead atoms. The zero-order valence-corrected chi connectivity index (χ0v) is 15.8. The van der Waals surface area contributed by atoms with Crippen molar-refractivity contribution in [2.45, 2.75) is 20.1 Å². The smallest absolute Gasteiger partial charge is 0.138 e. The van der Waals surface area contributed by atoms with E-state index in [9.17, 15) is 4.39 Å². The molecule has 0 aliphatic rings. The third-order valence-electron chi connectivity index (χ3n) is 3.97. The van der Waals surface area contributed by atoms with Crippen molar-refractivity contribution in [2.75, 3.05) is 11.9 Å². The molecule has 3 aromatic rings. The summed E-state index contributed by atoms with van der Waals surface area (Å²) in [6.07, 6.45) is 0. The Morgan fingerprint density at radius 2 is 1.59 bits per heavy atom. The zero-order chi connectivity index (χ0) is 19.1. The second kappa shape index (κ2) is 9.28. The Hall–Kier alpha value is -2.72. The maximum Gasteiger partial charge on any atom is 0.138 e. The molecule has 0 fully saturated rings. The molecule has 3 aromatic carbocycles. The van der Waals surface area contributed by atoms with Gasteiger partial charge < -0.3 is 14.8 Å². The van der Waals surface area contributed by atoms with E-state index in [1.165, 1.54) is 12.1 Å². The number of benzene rings is 3. The van der Waals surface area contributed by atoms with Crippen LogP contribution in [0.4, 0.5) is 10.1 Å². The summed E-state index contributed by atoms with van der Waals surface area (Å²) in [5, 5.41) is 3.89. The second-order valence-electron chi connectivity index (χ2n) is 5.99. The topological polar surface area (TPSA) is 30.5 Å². The van der Waals surface area contributed by atoms with Gasteiger partial charge in [0.05, 0.1) is 11.6 Å². The molecule has 0 heterocycles. The Balaban J connectivity index is 1.55. The Morgan fingerprint density at radius 3 is 2.26 bits per heavy atom. The fourth-order valence-corrected chi connectivity index (χ4v) is 2.81. The molecule has 0 radical (unpaired) electrons. The third kappa shape index (κ3) is 5.63. The molecule has 5 heteroatoms. The van der Waals surface area contributed by atoms with Crippen molar-refractivity contribution in [1.29, 1.82) is 0 Å². The molecule has 0 aliphatic heterocycles. The number of anilines is 1. The second-order valence-corrected chi connectivity index (χ2v) is 6.40. The molecule has 27 heavy (non-hydrogen) atoms. The lowest BCUT2D eigenvalue weighted by molar-refractivity contribution is 0.306. The fraction of sp³-hybridized carbons (Fsp3) is 0.182. The molecule has 140 valence electrons. The van der Waals surface area contributed by atoms with E-state index in [-0.39, 0.29) is 5.82 Å². The van der Waals surface area contributed by atoms with E-state index in [1.54, 1.807) is 12.1 Å². The van der Waals surface area contributed by atoms with Crippen LogP contribution < -0.4 is 14.8 Å². The molecule has 0 aromatic heterocycles. The molecule has 0 atom stereocenters. The molecule has 0 spiro atoms. The highest BCUT2D eigenvalue weighted by Gasteiger charge is 2.05. The molecule has 1 N–H and O–H groups in total. The molecular formula is C22H21ClFNO2. The molecule has 0 saturated carbocycles. The SMILES string of the molecule is CCOc1ccc(NCc2ccc(OCc3ccc(F)cc3)c(Cl)c2)cc1. The van der Waals surface area contributed by atoms with Gasteiger partial charge >= 0.3 is 0 Å². The van der Waals surface area contributed by atoms with E-state index in [0.29, 0.717) is 30.5 Å². The van der Waals surface area contributed by atoms with Crippen molar-refractivity contribution in [1.82, 2.24) is 0 Å². The predicted molar refractivity (Wildman–Crippen MR) is 107 cm³/mol. The minimum Gasteiger partial charge on any atom is -0.494 e. The van der Waals surface area contributed by atoms with Crippen LogP contribution in [0.2, 0.25) is 5.02 Å². The van der Waals surface area contributed by atoms with Crippen LogP contribution in [0, 0.1) is 5.82 Å². The number of hydrogen-bond donors (Lipinski definition) is 1. The maximum atomic E-state index is 12.9. The van der Waals surface area contributed by atoms with Crippen LogP contribution in [-0.4, -0.2) is 6.61 Å². The molecule has 0 saturated heterocycles. The highest BCUT2D eigenvalue weighted by molar-refractivity contribution is 6.32. The molecule has 0 unspecified atom stereocenters. The van der Waals surface area contributed by atoms with Gasteiger partial charge in [-0.3, -0.25) is 0 Å². The van der Waals surface area contributed by atoms with Crippen LogP contribution in [-0.2, 0) is 13.2 Å². The average molecular weight is 386 g/mol. The van der Waals surface area contributed by atoms with Crippen molar-refractivity contribution in [2.24, 2.45) is 0 Å². The third-order valence-corrected chi connectivity index (χ3v) is 4.26. The monoisotopic (exact) mass is 385 g/mol. The summed E-state index contributed by atoms with van der Waals surface area (Å²) in [6, 6.07) is 19.7. The first-order chi connectivity index (χ1) is 13.1. The van der Waals surface area contributed by atoms with Crippen molar-refractivity contribution >= 4 is 17.3 Å². The summed E-state index contributed by atoms with van der Waals surface area (Å²) in [4.78, 5) is 0. The Morgan fingerprint density at radius 1 is 0.889 bits per heavy atom. The van der Waals surface area contributed by atoms with Gasteiger partial charge in [0.15, 0.2) is 0 Å². The number of hydrogen-bond acceptors (Lipinski definition) is 3. The minimum absolute atomic E-state index is 0.263. The normalized spacial score (nSPS) is 10.5. The summed E-state index contributed by atoms with van der Waals surface area (Å²) < 4.78 is 24.1. The summed E-state index contributed by atoms with van der Waals surface area (Å²) in [6.45, 7) is 3.60. The number of nitrogens with one attached hydrogen (secondary N) is 1. The fourth-order valence-electron chi connectivity index (χ4n) is 2.55. The molecule has 0 aliphatic carbocycles. The van der Waals surface area contributed by atoms with Gasteiger partial charge in [0.1, 0.15) is 23.9 Å². The quantitative estimate of drug-likeness (QED) is 0.510. The van der Waals surface area contributed by atoms with Crippen molar-refractivity contribution in [3.63, 3.8) is 0 Å². The molecule has 3 rings (SSSR count). The van der Waals surface area contributed by atoms with Crippen LogP contribution in [0.3, 0.4) is 0 Å². The predicted octanol–water partition coefficient (Wildman–Crippen LogP) is 6.07. The molecule has 3 nitrogen and oxygen atoms in total. The van der Waals surface area contributed by atoms with Gasteiger partial charge in [-0.05, 0) is 66.6 Å². The summed E-state index contributed by atoms with van der Waals surface area (Å²) in [7, 11) is 0. The Labute approximate surface area is 163 Å². The van der Waals surface area contributed by atoms with E-state index in [0.717, 1.165) is 22.6 Å². The number of ether oxygens (including phenoxy) is 2. The Bertz CT molecular complexity index is 866. The lowest BCUT2D eigenvalue weighted by atomic mass is 10.2. The van der Waals surface area contributed by atoms with E-state index in [4.69, 9.17) is 21.1 Å². The first kappa shape index (κ1) is 19.1. The van der Waals surface area contributed by atoms with Crippen LogP contribution >= 0.6 is 11.6 Å². The lowest BCUT2D eigenvalue weighted by Gasteiger charge is -2.11. The molecule has 0 amide bonds. The van der Waals surface area contributed by atoms with Gasteiger partial charge in [-0.25, -0.2) is 4.39 Å². The first-order valence-corrected chi connectivity index (χ1v) is 9.14. The average Bonchev–Trinajstić information content (AvgIpc) is 2.68. The van der Waals surface area contributed by atoms with Gasteiger partial charge in [-0.15, -0.1) is 0 Å². The van der Waals surface area contributed by atoms with E-state index in [1.807, 2.05) is 49.4 Å². The largest absolute Gasteiger partial charge is 0.494 e. The summed E-state index contributed by atoms with van der Waals surface area (Å²) in [5.41, 5.74) is 2.93. The van der Waals surface area contributed by atoms with Crippen molar-refractivity contribution < 1.29 is 13.9 Å². The van der Waals surface area contributed by atoms with Crippen LogP contribution in [0.25, 0.3) is 0 Å². The Kier molecular flexibility index (Phi) is 6.55. The lowest BCUT2D eigenvalue weighted by Crippen LogP contribution is -2.01. The van der Waals surface area contributed by atoms with Crippen molar-refractivity contribution in [3.05, 3.63) is 88.7 Å². The highest BCUT2D eigenvalue weighted by Crippen LogP contribution is 2.27. The van der Waals surface area contributed by atoms with Crippen LogP contribution in [0.1, 0.15) is 18.1 Å². The highest BCUT2D eigenvalue weighted by atomic mass is 35.5. The van der Waals surface area contributed by atoms with Crippen LogP contribution in [0.5, 0.6) is 11.5 Å². The van der Waals surface area contributed by atoms with Crippen molar-refractivity contribution in [3.8, 4) is 11.5 Å². The minimum atomic E-state index is -0.263. The summed E-state index contributed by atoms with van der Waals surface area (Å²) in [5.74, 6) is 1.20. The maximum absolute atomic E-state index is 12.9. The number of halogens is 2. The molecular weight excluding hydrogens is 365 g/mol. The van der Waals surface area contributed by atoms with Gasteiger partial charge in [0, 0.05) is 12.2 Å². The van der Waals surface area contributed by atoms with Gasteiger partial charge in [-0.1, -0.05) is 29.8 Å². The summed E-state index contributed by atoms with van der Waals surface area (Å²) >= 11 is 6.33. The van der Waals surface area contributed by atoms with Gasteiger partial charge in [-0.2, -0.15) is 0 Å². The van der Waals surface area contributed by atoms with Gasteiger partial charge in [0.25, 0.3) is 0 Å². The van der Waals surface area contributed by atoms with E-state index >= 15 is 0 Å². The zero-order valence-electron chi connectivity index (χ0n) is 15.0. The van der Waals surface area contributed by atoms with Gasteiger partial charge in [0.2, 0.25) is 0 Å². The van der Waals surface area contributed by atoms with Crippen LogP contribution in [0.15, 0.2) is 66.7 Å². The van der Waals surface area contributed by atoms with E-state index < -0.39 is 0 Å². The first-order valence-electron chi connectivity index (χ1n) is 8.76. The standard InChI is InChI=1S/C22H21ClFNO2/c1-2-26-20-10-8-19(9-11-20)25-14-17-5-12-22(21(23)13-17)27-15-16-3-6-18(24)7-4-16/h3-13,25H,2,14-15H2,1H3. The van der Waals surface area contributed by atoms with E-state index in [2.05, 4.69) is 5.32 Å². The number of rotatable bonds is 8.